The van der Waals surface area contributed by atoms with Crippen LogP contribution >= 0.6 is 22.6 Å². The van der Waals surface area contributed by atoms with Crippen LogP contribution in [0.25, 0.3) is 0 Å². The number of ketones is 1. The van der Waals surface area contributed by atoms with E-state index in [0.717, 1.165) is 16.4 Å². The zero-order valence-electron chi connectivity index (χ0n) is 7.86. The van der Waals surface area contributed by atoms with Crippen molar-refractivity contribution in [2.75, 3.05) is 0 Å². The fourth-order valence-corrected chi connectivity index (χ4v) is 2.15. The lowest BCUT2D eigenvalue weighted by atomic mass is 9.75. The molecule has 1 rings (SSSR count). The number of carbonyl (C=O) groups excluding carboxylic acids is 1. The third-order valence-electron chi connectivity index (χ3n) is 2.41. The van der Waals surface area contributed by atoms with Gasteiger partial charge in [-0.1, -0.05) is 26.8 Å². The van der Waals surface area contributed by atoms with Gasteiger partial charge in [-0.3, -0.25) is 4.79 Å². The van der Waals surface area contributed by atoms with Gasteiger partial charge in [0.05, 0.1) is 3.58 Å². The van der Waals surface area contributed by atoms with Gasteiger partial charge in [-0.25, -0.2) is 0 Å². The van der Waals surface area contributed by atoms with Crippen LogP contribution in [-0.2, 0) is 4.79 Å². The van der Waals surface area contributed by atoms with Crippen molar-refractivity contribution in [2.24, 2.45) is 11.3 Å². The van der Waals surface area contributed by atoms with Gasteiger partial charge in [0.2, 0.25) is 0 Å². The second kappa shape index (κ2) is 3.48. The molecule has 0 aliphatic heterocycles. The van der Waals surface area contributed by atoms with E-state index in [4.69, 9.17) is 0 Å². The van der Waals surface area contributed by atoms with Crippen LogP contribution in [0.1, 0.15) is 33.6 Å². The predicted molar refractivity (Wildman–Crippen MR) is 59.3 cm³/mol. The lowest BCUT2D eigenvalue weighted by Crippen LogP contribution is -2.23. The fraction of sp³-hybridized carbons (Fsp3) is 0.700. The largest absolute Gasteiger partial charge is 0.294 e. The van der Waals surface area contributed by atoms with E-state index in [0.29, 0.717) is 17.1 Å². The maximum Gasteiger partial charge on any atom is 0.168 e. The number of allylic oxidation sites excluding steroid dienone is 2. The number of halogens is 1. The van der Waals surface area contributed by atoms with Gasteiger partial charge in [-0.05, 0) is 40.3 Å². The Hall–Kier alpha value is 0.140. The number of carbonyl (C=O) groups is 1. The summed E-state index contributed by atoms with van der Waals surface area (Å²) in [6.07, 6.45) is 3.89. The van der Waals surface area contributed by atoms with E-state index >= 15 is 0 Å². The van der Waals surface area contributed by atoms with Crippen molar-refractivity contribution in [3.8, 4) is 0 Å². The minimum atomic E-state index is 0.303. The molecule has 1 aliphatic carbocycles. The maximum absolute atomic E-state index is 11.2. The molecule has 1 nitrogen and oxygen atoms in total. The zero-order valence-corrected chi connectivity index (χ0v) is 10.0. The Kier molecular flexibility index (Phi) is 2.97. The van der Waals surface area contributed by atoms with Crippen LogP contribution in [0, 0.1) is 11.3 Å². The third-order valence-corrected chi connectivity index (χ3v) is 3.37. The molecule has 0 aromatic rings. The molecule has 0 saturated heterocycles. The second-order valence-corrected chi connectivity index (χ2v) is 5.61. The Labute approximate surface area is 87.8 Å². The van der Waals surface area contributed by atoms with Crippen molar-refractivity contribution in [1.29, 1.82) is 0 Å². The molecule has 0 unspecified atom stereocenters. The first-order chi connectivity index (χ1) is 5.41. The summed E-state index contributed by atoms with van der Waals surface area (Å²) >= 11 is 2.15. The molecule has 0 heterocycles. The molecule has 0 aromatic carbocycles. The highest BCUT2D eigenvalue weighted by atomic mass is 127. The molecular weight excluding hydrogens is 263 g/mol. The van der Waals surface area contributed by atoms with Crippen molar-refractivity contribution >= 4 is 28.4 Å². The number of hydrogen-bond acceptors (Lipinski definition) is 1. The molecule has 0 radical (unpaired) electrons. The van der Waals surface area contributed by atoms with Gasteiger partial charge in [0.15, 0.2) is 5.78 Å². The number of Topliss-reactive ketones (excluding diaryl/α,β-unsaturated/α-hetero) is 1. The van der Waals surface area contributed by atoms with Crippen LogP contribution in [-0.4, -0.2) is 5.78 Å². The molecule has 0 aromatic heterocycles. The van der Waals surface area contributed by atoms with Crippen LogP contribution in [0.15, 0.2) is 9.66 Å². The second-order valence-electron chi connectivity index (χ2n) is 4.45. The van der Waals surface area contributed by atoms with Crippen LogP contribution in [0.4, 0.5) is 0 Å². The average Bonchev–Trinajstić information content (AvgIpc) is 1.92. The van der Waals surface area contributed by atoms with E-state index in [1.807, 2.05) is 0 Å². The highest BCUT2D eigenvalue weighted by molar-refractivity contribution is 14.1. The first-order valence-electron chi connectivity index (χ1n) is 4.32. The molecule has 1 atom stereocenters. The Morgan fingerprint density at radius 1 is 1.50 bits per heavy atom. The van der Waals surface area contributed by atoms with Crippen molar-refractivity contribution in [2.45, 2.75) is 33.6 Å². The summed E-state index contributed by atoms with van der Waals surface area (Å²) in [5.74, 6) is 0.887. The third kappa shape index (κ3) is 2.31. The van der Waals surface area contributed by atoms with Crippen LogP contribution in [0.5, 0.6) is 0 Å². The molecule has 0 saturated carbocycles. The molecule has 0 spiro atoms. The minimum Gasteiger partial charge on any atom is -0.294 e. The van der Waals surface area contributed by atoms with Crippen molar-refractivity contribution in [1.82, 2.24) is 0 Å². The molecule has 0 amide bonds. The van der Waals surface area contributed by atoms with Gasteiger partial charge < -0.3 is 0 Å². The molecule has 0 fully saturated rings. The van der Waals surface area contributed by atoms with E-state index < -0.39 is 0 Å². The van der Waals surface area contributed by atoms with Gasteiger partial charge >= 0.3 is 0 Å². The Bertz CT molecular complexity index is 222. The van der Waals surface area contributed by atoms with Gasteiger partial charge in [0.1, 0.15) is 0 Å². The first kappa shape index (κ1) is 10.2. The number of rotatable bonds is 0. The summed E-state index contributed by atoms with van der Waals surface area (Å²) in [6.45, 7) is 6.69. The highest BCUT2D eigenvalue weighted by Crippen LogP contribution is 2.36. The maximum atomic E-state index is 11.2. The smallest absolute Gasteiger partial charge is 0.168 e. The summed E-state index contributed by atoms with van der Waals surface area (Å²) in [6, 6.07) is 0. The Morgan fingerprint density at radius 3 is 2.50 bits per heavy atom. The monoisotopic (exact) mass is 278 g/mol. The van der Waals surface area contributed by atoms with E-state index in [1.54, 1.807) is 0 Å². The first-order valence-corrected chi connectivity index (χ1v) is 5.39. The van der Waals surface area contributed by atoms with Gasteiger partial charge in [-0.2, -0.15) is 0 Å². The molecule has 2 heteroatoms. The summed E-state index contributed by atoms with van der Waals surface area (Å²) in [5, 5.41) is 0. The van der Waals surface area contributed by atoms with E-state index in [-0.39, 0.29) is 0 Å². The lowest BCUT2D eigenvalue weighted by Gasteiger charge is -2.30. The topological polar surface area (TPSA) is 17.1 Å². The molecule has 0 N–H and O–H groups in total. The van der Waals surface area contributed by atoms with Crippen molar-refractivity contribution < 1.29 is 4.79 Å². The average molecular weight is 278 g/mol. The molecule has 68 valence electrons. The van der Waals surface area contributed by atoms with E-state index in [9.17, 15) is 4.79 Å². The lowest BCUT2D eigenvalue weighted by molar-refractivity contribution is -0.115. The van der Waals surface area contributed by atoms with Gasteiger partial charge in [-0.15, -0.1) is 0 Å². The predicted octanol–water partition coefficient (Wildman–Crippen LogP) is 3.33. The standard InChI is InChI=1S/C10H15IO/c1-10(2,3)7-4-5-9(12)8(11)6-7/h6-7H,4-5H2,1-3H3/t7-/m0/s1. The Morgan fingerprint density at radius 2 is 2.08 bits per heavy atom. The SMILES string of the molecule is CC(C)(C)[C@@H]1C=C(I)C(=O)CC1. The molecule has 1 aliphatic rings. The van der Waals surface area contributed by atoms with E-state index in [1.165, 1.54) is 0 Å². The normalized spacial score (nSPS) is 25.5. The fourth-order valence-electron chi connectivity index (χ4n) is 1.44. The van der Waals surface area contributed by atoms with Crippen molar-refractivity contribution in [3.05, 3.63) is 9.66 Å². The highest BCUT2D eigenvalue weighted by Gasteiger charge is 2.27. The molecule has 12 heavy (non-hydrogen) atoms. The van der Waals surface area contributed by atoms with Gasteiger partial charge in [0.25, 0.3) is 0 Å². The van der Waals surface area contributed by atoms with Crippen LogP contribution in [0.3, 0.4) is 0 Å². The quantitative estimate of drug-likeness (QED) is 0.621. The summed E-state index contributed by atoms with van der Waals surface area (Å²) < 4.78 is 0.929. The summed E-state index contributed by atoms with van der Waals surface area (Å²) in [5.41, 5.74) is 0.303. The molecule has 0 bridgehead atoms. The summed E-state index contributed by atoms with van der Waals surface area (Å²) in [7, 11) is 0. The van der Waals surface area contributed by atoms with Gasteiger partial charge in [0, 0.05) is 6.42 Å². The molecular formula is C10H15IO. The minimum absolute atomic E-state index is 0.303. The Balaban J connectivity index is 2.80. The number of hydrogen-bond donors (Lipinski definition) is 0. The zero-order chi connectivity index (χ0) is 9.35. The van der Waals surface area contributed by atoms with Crippen LogP contribution in [0.2, 0.25) is 0 Å². The summed E-state index contributed by atoms with van der Waals surface area (Å²) in [4.78, 5) is 11.2. The van der Waals surface area contributed by atoms with E-state index in [2.05, 4.69) is 49.4 Å². The van der Waals surface area contributed by atoms with Crippen LogP contribution < -0.4 is 0 Å². The van der Waals surface area contributed by atoms with Crippen molar-refractivity contribution in [3.63, 3.8) is 0 Å².